The third-order valence-electron chi connectivity index (χ3n) is 4.46. The maximum Gasteiger partial charge on any atom is 0.261 e. The summed E-state index contributed by atoms with van der Waals surface area (Å²) < 4.78 is 5.49. The van der Waals surface area contributed by atoms with Crippen LogP contribution < -0.4 is 15.0 Å². The summed E-state index contributed by atoms with van der Waals surface area (Å²) >= 11 is 0. The van der Waals surface area contributed by atoms with Gasteiger partial charge in [0.05, 0.1) is 12.6 Å². The number of rotatable bonds is 3. The zero-order chi connectivity index (χ0) is 18.1. The number of carbonyl (C=O) groups is 1. The third-order valence-corrected chi connectivity index (χ3v) is 4.46. The Labute approximate surface area is 143 Å². The smallest absolute Gasteiger partial charge is 0.261 e. The Morgan fingerprint density at radius 3 is 2.62 bits per heavy atom. The number of methoxy groups -OCH3 is 1. The van der Waals surface area contributed by atoms with Gasteiger partial charge in [0.25, 0.3) is 5.91 Å². The first-order chi connectivity index (χ1) is 11.2. The summed E-state index contributed by atoms with van der Waals surface area (Å²) in [5.74, 6) is 0.213. The van der Waals surface area contributed by atoms with Crippen LogP contribution in [0.1, 0.15) is 31.9 Å². The highest BCUT2D eigenvalue weighted by Crippen LogP contribution is 2.41. The van der Waals surface area contributed by atoms with Crippen molar-refractivity contribution in [1.82, 2.24) is 5.32 Å². The Bertz CT molecular complexity index is 783. The van der Waals surface area contributed by atoms with Crippen LogP contribution in [-0.2, 0) is 4.79 Å². The van der Waals surface area contributed by atoms with Crippen LogP contribution in [-0.4, -0.2) is 32.7 Å². The molecule has 0 bridgehead atoms. The molecule has 0 aliphatic carbocycles. The lowest BCUT2D eigenvalue weighted by atomic mass is 9.88. The fourth-order valence-corrected chi connectivity index (χ4v) is 2.92. The van der Waals surface area contributed by atoms with Crippen LogP contribution in [0.4, 0.5) is 5.69 Å². The second-order valence-electron chi connectivity index (χ2n) is 6.40. The molecular weight excluding hydrogens is 302 g/mol. The van der Waals surface area contributed by atoms with E-state index in [1.165, 1.54) is 7.05 Å². The summed E-state index contributed by atoms with van der Waals surface area (Å²) in [6, 6.07) is 5.86. The number of carbonyl (C=O) groups excluding carboxylic acids is 1. The monoisotopic (exact) mass is 325 g/mol. The van der Waals surface area contributed by atoms with E-state index in [4.69, 9.17) is 4.74 Å². The zero-order valence-corrected chi connectivity index (χ0v) is 15.0. The number of likely N-dealkylation sites (N-methyl/N-ethyl adjacent to an activating group) is 2. The fraction of sp³-hybridized carbons (Fsp3) is 0.368. The second-order valence-corrected chi connectivity index (χ2v) is 6.40. The van der Waals surface area contributed by atoms with E-state index < -0.39 is 5.91 Å². The zero-order valence-electron chi connectivity index (χ0n) is 15.0. The number of hydrogen-bond donors (Lipinski definition) is 1. The van der Waals surface area contributed by atoms with E-state index in [1.54, 1.807) is 13.2 Å². The Balaban J connectivity index is 2.66. The van der Waals surface area contributed by atoms with Crippen molar-refractivity contribution in [3.63, 3.8) is 0 Å². The normalized spacial score (nSPS) is 16.0. The van der Waals surface area contributed by atoms with E-state index in [0.29, 0.717) is 11.3 Å². The van der Waals surface area contributed by atoms with Crippen LogP contribution >= 0.6 is 0 Å². The summed E-state index contributed by atoms with van der Waals surface area (Å²) in [4.78, 5) is 14.0. The highest BCUT2D eigenvalue weighted by molar-refractivity contribution is 6.02. The summed E-state index contributed by atoms with van der Waals surface area (Å²) in [7, 11) is 5.13. The van der Waals surface area contributed by atoms with Crippen LogP contribution in [0.15, 0.2) is 23.8 Å². The molecule has 1 aromatic carbocycles. The SMILES string of the molecule is CNC(=O)/C(C#N)=C/c1cc2c(cc1OC)N(C)C(C)(C)C=C2C. The Kier molecular flexibility index (Phi) is 4.70. The number of benzene rings is 1. The van der Waals surface area contributed by atoms with Crippen LogP contribution in [0.5, 0.6) is 5.75 Å². The summed E-state index contributed by atoms with van der Waals surface area (Å²) in [5, 5.41) is 11.7. The molecule has 1 aromatic rings. The number of nitrogens with zero attached hydrogens (tertiary/aromatic N) is 2. The van der Waals surface area contributed by atoms with Crippen molar-refractivity contribution >= 4 is 23.2 Å². The molecule has 1 amide bonds. The fourth-order valence-electron chi connectivity index (χ4n) is 2.92. The van der Waals surface area contributed by atoms with Gasteiger partial charge in [-0.1, -0.05) is 6.08 Å². The number of nitrogens with one attached hydrogen (secondary N) is 1. The van der Waals surface area contributed by atoms with E-state index in [1.807, 2.05) is 25.2 Å². The Hall–Kier alpha value is -2.74. The number of nitriles is 1. The first-order valence-electron chi connectivity index (χ1n) is 7.74. The van der Waals surface area contributed by atoms with Crippen molar-refractivity contribution in [3.05, 3.63) is 34.9 Å². The van der Waals surface area contributed by atoms with Crippen molar-refractivity contribution in [2.75, 3.05) is 26.1 Å². The molecule has 0 aromatic heterocycles. The van der Waals surface area contributed by atoms with Crippen LogP contribution in [0.2, 0.25) is 0 Å². The molecule has 126 valence electrons. The van der Waals surface area contributed by atoms with Crippen molar-refractivity contribution in [2.45, 2.75) is 26.3 Å². The Morgan fingerprint density at radius 2 is 2.08 bits per heavy atom. The van der Waals surface area contributed by atoms with Crippen molar-refractivity contribution in [2.24, 2.45) is 0 Å². The molecule has 0 spiro atoms. The van der Waals surface area contributed by atoms with Gasteiger partial charge in [-0.2, -0.15) is 5.26 Å². The van der Waals surface area contributed by atoms with E-state index in [9.17, 15) is 10.1 Å². The lowest BCUT2D eigenvalue weighted by Crippen LogP contribution is -2.42. The molecule has 0 atom stereocenters. The van der Waals surface area contributed by atoms with E-state index in [2.05, 4.69) is 37.1 Å². The second kappa shape index (κ2) is 6.40. The van der Waals surface area contributed by atoms with Gasteiger partial charge in [-0.25, -0.2) is 0 Å². The maximum atomic E-state index is 11.8. The van der Waals surface area contributed by atoms with Gasteiger partial charge >= 0.3 is 0 Å². The van der Waals surface area contributed by atoms with Crippen LogP contribution in [0, 0.1) is 11.3 Å². The number of hydrogen-bond acceptors (Lipinski definition) is 4. The van der Waals surface area contributed by atoms with E-state index in [-0.39, 0.29) is 11.1 Å². The molecule has 0 unspecified atom stereocenters. The average Bonchev–Trinajstić information content (AvgIpc) is 2.56. The predicted molar refractivity (Wildman–Crippen MR) is 96.8 cm³/mol. The molecule has 1 heterocycles. The first kappa shape index (κ1) is 17.6. The molecular formula is C19H23N3O2. The average molecular weight is 325 g/mol. The predicted octanol–water partition coefficient (Wildman–Crippen LogP) is 2.98. The highest BCUT2D eigenvalue weighted by atomic mass is 16.5. The number of ether oxygens (including phenoxy) is 1. The van der Waals surface area contributed by atoms with Gasteiger partial charge in [0.1, 0.15) is 17.4 Å². The number of anilines is 1. The van der Waals surface area contributed by atoms with Crippen LogP contribution in [0.3, 0.4) is 0 Å². The lowest BCUT2D eigenvalue weighted by molar-refractivity contribution is -0.116. The van der Waals surface area contributed by atoms with Crippen molar-refractivity contribution in [3.8, 4) is 11.8 Å². The highest BCUT2D eigenvalue weighted by Gasteiger charge is 2.29. The molecule has 0 saturated heterocycles. The molecule has 24 heavy (non-hydrogen) atoms. The van der Waals surface area contributed by atoms with Gasteiger partial charge in [-0.15, -0.1) is 0 Å². The van der Waals surface area contributed by atoms with Gasteiger partial charge in [-0.05, 0) is 38.5 Å². The van der Waals surface area contributed by atoms with Gasteiger partial charge in [0.2, 0.25) is 0 Å². The molecule has 2 rings (SSSR count). The minimum absolute atomic E-state index is 0.0434. The van der Waals surface area contributed by atoms with Gasteiger partial charge in [0, 0.05) is 37.0 Å². The first-order valence-corrected chi connectivity index (χ1v) is 7.74. The largest absolute Gasteiger partial charge is 0.496 e. The summed E-state index contributed by atoms with van der Waals surface area (Å²) in [5.41, 5.74) is 3.94. The molecule has 0 fully saturated rings. The van der Waals surface area contributed by atoms with Gasteiger partial charge in [0.15, 0.2) is 0 Å². The third kappa shape index (κ3) is 3.00. The van der Waals surface area contributed by atoms with Gasteiger partial charge in [-0.3, -0.25) is 4.79 Å². The molecule has 5 heteroatoms. The molecule has 1 N–H and O–H groups in total. The quantitative estimate of drug-likeness (QED) is 0.685. The number of allylic oxidation sites excluding steroid dienone is 1. The topological polar surface area (TPSA) is 65.4 Å². The van der Waals surface area contributed by atoms with Crippen molar-refractivity contribution in [1.29, 1.82) is 5.26 Å². The molecule has 1 aliphatic heterocycles. The minimum Gasteiger partial charge on any atom is -0.496 e. The molecule has 5 nitrogen and oxygen atoms in total. The van der Waals surface area contributed by atoms with E-state index >= 15 is 0 Å². The summed E-state index contributed by atoms with van der Waals surface area (Å²) in [6.07, 6.45) is 3.77. The Morgan fingerprint density at radius 1 is 1.42 bits per heavy atom. The maximum absolute atomic E-state index is 11.8. The van der Waals surface area contributed by atoms with Crippen molar-refractivity contribution < 1.29 is 9.53 Å². The summed E-state index contributed by atoms with van der Waals surface area (Å²) in [6.45, 7) is 6.37. The van der Waals surface area contributed by atoms with E-state index in [0.717, 1.165) is 16.8 Å². The molecule has 0 radical (unpaired) electrons. The van der Waals surface area contributed by atoms with Crippen LogP contribution in [0.25, 0.3) is 11.6 Å². The number of amides is 1. The molecule has 1 aliphatic rings. The number of fused-ring (bicyclic) bond motifs is 1. The standard InChI is InChI=1S/C19H23N3O2/c1-12-10-19(2,3)22(5)16-9-17(24-6)13(8-15(12)16)7-14(11-20)18(23)21-4/h7-10H,1-6H3,(H,21,23)/b14-7+. The lowest BCUT2D eigenvalue weighted by Gasteiger charge is -2.41. The molecule has 0 saturated carbocycles. The minimum atomic E-state index is -0.414. The van der Waals surface area contributed by atoms with Gasteiger partial charge < -0.3 is 15.0 Å².